The van der Waals surface area contributed by atoms with Crippen LogP contribution in [0.3, 0.4) is 0 Å². The van der Waals surface area contributed by atoms with Gasteiger partial charge in [-0.05, 0) is 36.2 Å². The average Bonchev–Trinajstić information content (AvgIpc) is 2.77. The summed E-state index contributed by atoms with van der Waals surface area (Å²) in [6, 6.07) is 11.1. The molecular weight excluding hydrogens is 515 g/mol. The van der Waals surface area contributed by atoms with Crippen molar-refractivity contribution in [1.29, 1.82) is 0 Å². The van der Waals surface area contributed by atoms with Crippen LogP contribution in [0.4, 0.5) is 16.2 Å². The molecule has 0 aliphatic carbocycles. The molecule has 0 aromatic heterocycles. The van der Waals surface area contributed by atoms with Gasteiger partial charge in [-0.3, -0.25) is 0 Å². The Morgan fingerprint density at radius 1 is 0.971 bits per heavy atom. The van der Waals surface area contributed by atoms with Crippen molar-refractivity contribution < 1.29 is 23.1 Å². The average molecular weight is 535 g/mol. The Balaban J connectivity index is 2.46. The van der Waals surface area contributed by atoms with Crippen LogP contribution >= 0.6 is 23.2 Å². The molecule has 0 unspecified atom stereocenters. The number of nitrogen functional groups attached to an aromatic ring is 2. The van der Waals surface area contributed by atoms with E-state index >= 15 is 0 Å². The number of aliphatic carboxylic acids is 1. The van der Waals surface area contributed by atoms with Crippen molar-refractivity contribution in [3.05, 3.63) is 69.7 Å². The van der Waals surface area contributed by atoms with Gasteiger partial charge < -0.3 is 22.3 Å². The Labute approximate surface area is 211 Å². The second kappa shape index (κ2) is 9.95. The van der Waals surface area contributed by atoms with Crippen LogP contribution in [-0.2, 0) is 21.1 Å². The number of anilines is 2. The van der Waals surface area contributed by atoms with E-state index in [1.807, 2.05) is 0 Å². The highest BCUT2D eigenvalue weighted by molar-refractivity contribution is 7.92. The van der Waals surface area contributed by atoms with E-state index in [1.165, 1.54) is 25.1 Å². The maximum Gasteiger partial charge on any atom is 0.350 e. The van der Waals surface area contributed by atoms with Gasteiger partial charge in [-0.1, -0.05) is 53.5 Å². The highest BCUT2D eigenvalue weighted by Crippen LogP contribution is 2.46. The van der Waals surface area contributed by atoms with Crippen LogP contribution in [0.1, 0.15) is 11.1 Å². The minimum Gasteiger partial charge on any atom is -0.477 e. The summed E-state index contributed by atoms with van der Waals surface area (Å²) in [5.74, 6) is -1.50. The van der Waals surface area contributed by atoms with Crippen molar-refractivity contribution in [3.8, 4) is 11.1 Å². The zero-order valence-electron chi connectivity index (χ0n) is 18.2. The van der Waals surface area contributed by atoms with Gasteiger partial charge in [-0.15, -0.1) is 0 Å². The van der Waals surface area contributed by atoms with Crippen LogP contribution in [0.15, 0.2) is 63.3 Å². The minimum atomic E-state index is -4.33. The van der Waals surface area contributed by atoms with E-state index in [0.29, 0.717) is 5.56 Å². The maximum atomic E-state index is 13.6. The van der Waals surface area contributed by atoms with Gasteiger partial charge in [0.05, 0.1) is 20.6 Å². The van der Waals surface area contributed by atoms with Crippen LogP contribution in [-0.4, -0.2) is 31.2 Å². The number of aliphatic imine (C=N–C) groups is 1. The Hall–Kier alpha value is -3.60. The Kier molecular flexibility index (Phi) is 7.39. The van der Waals surface area contributed by atoms with Crippen LogP contribution in [0.2, 0.25) is 10.0 Å². The quantitative estimate of drug-likeness (QED) is 0.271. The SMILES string of the molecule is Cc1c(Cl)c(S(=O)(=O)c2ccccc2N)c(Cl)c(-c2ccccc2N)c1CC(=NC(N)=O)C(=O)O. The summed E-state index contributed by atoms with van der Waals surface area (Å²) >= 11 is 13.3. The molecule has 3 aromatic carbocycles. The molecule has 0 aliphatic heterocycles. The second-order valence-electron chi connectivity index (χ2n) is 7.44. The number of nitrogens with two attached hydrogens (primary N) is 3. The summed E-state index contributed by atoms with van der Waals surface area (Å²) in [6.07, 6.45) is -0.443. The first-order valence-electron chi connectivity index (χ1n) is 9.93. The number of amides is 2. The van der Waals surface area contributed by atoms with Crippen molar-refractivity contribution >= 4 is 62.1 Å². The van der Waals surface area contributed by atoms with Gasteiger partial charge in [-0.25, -0.2) is 18.0 Å². The first-order chi connectivity index (χ1) is 16.4. The van der Waals surface area contributed by atoms with E-state index in [4.69, 9.17) is 40.4 Å². The van der Waals surface area contributed by atoms with Gasteiger partial charge in [0.15, 0.2) is 0 Å². The number of carbonyl (C=O) groups excluding carboxylic acids is 1. The fourth-order valence-electron chi connectivity index (χ4n) is 3.59. The number of halogens is 2. The fraction of sp³-hybridized carbons (Fsp3) is 0.0870. The van der Waals surface area contributed by atoms with Crippen molar-refractivity contribution in [2.24, 2.45) is 10.7 Å². The molecule has 0 heterocycles. The number of rotatable bonds is 6. The summed E-state index contributed by atoms with van der Waals surface area (Å²) in [4.78, 5) is 25.8. The number of sulfone groups is 1. The predicted molar refractivity (Wildman–Crippen MR) is 136 cm³/mol. The Morgan fingerprint density at radius 3 is 2.09 bits per heavy atom. The van der Waals surface area contributed by atoms with E-state index in [-0.39, 0.29) is 43.0 Å². The smallest absolute Gasteiger partial charge is 0.350 e. The third kappa shape index (κ3) is 4.95. The summed E-state index contributed by atoms with van der Waals surface area (Å²) in [6.45, 7) is 1.49. The Morgan fingerprint density at radius 2 is 1.54 bits per heavy atom. The molecule has 0 fully saturated rings. The highest BCUT2D eigenvalue weighted by Gasteiger charge is 2.32. The minimum absolute atomic E-state index is 0.0103. The third-order valence-corrected chi connectivity index (χ3v) is 8.22. The number of nitrogens with zero attached hydrogens (tertiary/aromatic N) is 1. The number of para-hydroxylation sites is 2. The van der Waals surface area contributed by atoms with Gasteiger partial charge in [0.1, 0.15) is 10.6 Å². The lowest BCUT2D eigenvalue weighted by Gasteiger charge is -2.21. The standard InChI is InChI=1S/C23H20Cl2N4O5S/c1-11-13(10-16(22(30)31)29-23(28)32)18(12-6-2-3-7-14(12)26)20(25)21(19(11)24)35(33,34)17-9-5-4-8-15(17)27/h2-9H,10,26-27H2,1H3,(H2,28,32)(H,30,31). The zero-order valence-corrected chi connectivity index (χ0v) is 20.6. The van der Waals surface area contributed by atoms with E-state index in [2.05, 4.69) is 4.99 Å². The number of urea groups is 1. The first kappa shape index (κ1) is 26.0. The van der Waals surface area contributed by atoms with Gasteiger partial charge >= 0.3 is 12.0 Å². The van der Waals surface area contributed by atoms with Crippen molar-refractivity contribution in [2.75, 3.05) is 11.5 Å². The fourth-order valence-corrected chi connectivity index (χ4v) is 6.35. The van der Waals surface area contributed by atoms with Gasteiger partial charge in [0.2, 0.25) is 9.84 Å². The van der Waals surface area contributed by atoms with Gasteiger partial charge in [-0.2, -0.15) is 4.99 Å². The number of carbonyl (C=O) groups is 2. The maximum absolute atomic E-state index is 13.6. The van der Waals surface area contributed by atoms with Gasteiger partial charge in [0.25, 0.3) is 0 Å². The molecule has 0 spiro atoms. The molecule has 9 nitrogen and oxygen atoms in total. The van der Waals surface area contributed by atoms with Crippen molar-refractivity contribution in [3.63, 3.8) is 0 Å². The molecule has 12 heteroatoms. The molecule has 3 aromatic rings. The molecule has 0 atom stereocenters. The second-order valence-corrected chi connectivity index (χ2v) is 10.1. The van der Waals surface area contributed by atoms with Gasteiger partial charge in [0, 0.05) is 23.2 Å². The van der Waals surface area contributed by atoms with E-state index in [0.717, 1.165) is 0 Å². The monoisotopic (exact) mass is 534 g/mol. The summed E-state index contributed by atoms with van der Waals surface area (Å²) < 4.78 is 27.3. The lowest BCUT2D eigenvalue weighted by Crippen LogP contribution is -2.21. The van der Waals surface area contributed by atoms with Crippen molar-refractivity contribution in [1.82, 2.24) is 0 Å². The number of primary amides is 1. The van der Waals surface area contributed by atoms with E-state index in [9.17, 15) is 23.1 Å². The molecule has 0 saturated heterocycles. The molecular formula is C23H20Cl2N4O5S. The Bertz CT molecular complexity index is 1500. The van der Waals surface area contributed by atoms with Crippen LogP contribution in [0.5, 0.6) is 0 Å². The predicted octanol–water partition coefficient (Wildman–Crippen LogP) is 4.11. The zero-order chi connectivity index (χ0) is 26.1. The molecule has 35 heavy (non-hydrogen) atoms. The number of carboxylic acids is 1. The summed E-state index contributed by atoms with van der Waals surface area (Å²) in [5.41, 5.74) is 17.6. The normalized spacial score (nSPS) is 11.9. The summed E-state index contributed by atoms with van der Waals surface area (Å²) in [7, 11) is -4.33. The number of carboxylic acid groups (broad SMARTS) is 1. The van der Waals surface area contributed by atoms with Crippen LogP contribution in [0, 0.1) is 6.92 Å². The number of hydrogen-bond donors (Lipinski definition) is 4. The lowest BCUT2D eigenvalue weighted by atomic mass is 9.91. The first-order valence-corrected chi connectivity index (χ1v) is 12.2. The molecule has 3 rings (SSSR count). The molecule has 0 bridgehead atoms. The molecule has 0 aliphatic rings. The number of benzene rings is 3. The van der Waals surface area contributed by atoms with Crippen LogP contribution < -0.4 is 17.2 Å². The molecule has 7 N–H and O–H groups in total. The van der Waals surface area contributed by atoms with E-state index < -0.39 is 38.9 Å². The number of hydrogen-bond acceptors (Lipinski definition) is 6. The molecule has 2 amide bonds. The molecule has 0 radical (unpaired) electrons. The van der Waals surface area contributed by atoms with E-state index in [1.54, 1.807) is 30.3 Å². The van der Waals surface area contributed by atoms with Crippen LogP contribution in [0.25, 0.3) is 11.1 Å². The summed E-state index contributed by atoms with van der Waals surface area (Å²) in [5, 5.41) is 9.02. The van der Waals surface area contributed by atoms with Crippen molar-refractivity contribution in [2.45, 2.75) is 23.1 Å². The molecule has 0 saturated carbocycles. The molecule has 182 valence electrons. The largest absolute Gasteiger partial charge is 0.477 e. The third-order valence-electron chi connectivity index (χ3n) is 5.25. The lowest BCUT2D eigenvalue weighted by molar-refractivity contribution is -0.129. The highest BCUT2D eigenvalue weighted by atomic mass is 35.5. The topological polar surface area (TPSA) is 179 Å².